The maximum Gasteiger partial charge on any atom is 0.266 e. The van der Waals surface area contributed by atoms with Gasteiger partial charge in [-0.25, -0.2) is 0 Å². The van der Waals surface area contributed by atoms with Gasteiger partial charge in [-0.1, -0.05) is 5.92 Å². The van der Waals surface area contributed by atoms with Gasteiger partial charge in [-0.3, -0.25) is 4.55 Å². The van der Waals surface area contributed by atoms with E-state index in [1.807, 2.05) is 0 Å². The van der Waals surface area contributed by atoms with Crippen molar-refractivity contribution in [2.24, 2.45) is 5.92 Å². The number of rotatable bonds is 6. The molecule has 0 bridgehead atoms. The molecule has 5 heteroatoms. The Balaban J connectivity index is 4.14. The van der Waals surface area contributed by atoms with Gasteiger partial charge < -0.3 is 4.79 Å². The lowest BCUT2D eigenvalue weighted by Crippen LogP contribution is -2.14. The third-order valence-electron chi connectivity index (χ3n) is 1.63. The molecule has 0 fully saturated rings. The standard InChI is InChI=1S/C9H14O4S/c1-2-5-9(6-3-4-7-10)8-14(11,12)13/h7,9H,3-4,6,8H2,1H3,(H,11,12,13). The molecular weight excluding hydrogens is 204 g/mol. The van der Waals surface area contributed by atoms with Gasteiger partial charge in [-0.15, -0.1) is 5.92 Å². The number of aldehydes is 1. The molecule has 14 heavy (non-hydrogen) atoms. The van der Waals surface area contributed by atoms with E-state index in [0.29, 0.717) is 19.3 Å². The lowest BCUT2D eigenvalue weighted by Gasteiger charge is -2.06. The zero-order chi connectivity index (χ0) is 11.0. The van der Waals surface area contributed by atoms with Crippen LogP contribution in [0, 0.1) is 17.8 Å². The molecule has 0 aliphatic rings. The highest BCUT2D eigenvalue weighted by atomic mass is 32.2. The molecule has 0 aromatic rings. The SMILES string of the molecule is CC#CC(CCCC=O)CS(=O)(=O)O. The van der Waals surface area contributed by atoms with E-state index >= 15 is 0 Å². The normalized spacial score (nSPS) is 12.7. The fraction of sp³-hybridized carbons (Fsp3) is 0.667. The summed E-state index contributed by atoms with van der Waals surface area (Å²) in [6, 6.07) is 0. The fourth-order valence-corrected chi connectivity index (χ4v) is 1.86. The van der Waals surface area contributed by atoms with Gasteiger partial charge in [0.15, 0.2) is 0 Å². The molecule has 0 aliphatic carbocycles. The minimum absolute atomic E-state index is 0.354. The van der Waals surface area contributed by atoms with E-state index in [-0.39, 0.29) is 11.7 Å². The Hall–Kier alpha value is -0.860. The van der Waals surface area contributed by atoms with E-state index in [9.17, 15) is 13.2 Å². The molecule has 0 aromatic heterocycles. The first-order chi connectivity index (χ1) is 6.49. The first kappa shape index (κ1) is 13.1. The van der Waals surface area contributed by atoms with Crippen LogP contribution in [0.4, 0.5) is 0 Å². The maximum atomic E-state index is 10.6. The molecule has 1 unspecified atom stereocenters. The smallest absolute Gasteiger partial charge is 0.266 e. The maximum absolute atomic E-state index is 10.6. The molecule has 0 aliphatic heterocycles. The summed E-state index contributed by atoms with van der Waals surface area (Å²) >= 11 is 0. The second kappa shape index (κ2) is 6.57. The number of carbonyl (C=O) groups is 1. The summed E-state index contributed by atoms with van der Waals surface area (Å²) in [7, 11) is -3.97. The van der Waals surface area contributed by atoms with E-state index in [1.54, 1.807) is 6.92 Å². The zero-order valence-corrected chi connectivity index (χ0v) is 8.88. The van der Waals surface area contributed by atoms with E-state index < -0.39 is 10.1 Å². The van der Waals surface area contributed by atoms with Crippen LogP contribution in [0.1, 0.15) is 26.2 Å². The molecule has 80 valence electrons. The van der Waals surface area contributed by atoms with Crippen LogP contribution in [0.25, 0.3) is 0 Å². The van der Waals surface area contributed by atoms with Crippen LogP contribution in [0.15, 0.2) is 0 Å². The molecule has 0 radical (unpaired) electrons. The lowest BCUT2D eigenvalue weighted by atomic mass is 10.1. The Kier molecular flexibility index (Phi) is 6.17. The van der Waals surface area contributed by atoms with Crippen LogP contribution in [0.5, 0.6) is 0 Å². The van der Waals surface area contributed by atoms with E-state index in [0.717, 1.165) is 6.29 Å². The zero-order valence-electron chi connectivity index (χ0n) is 8.06. The van der Waals surface area contributed by atoms with Crippen molar-refractivity contribution in [2.45, 2.75) is 26.2 Å². The molecule has 0 heterocycles. The topological polar surface area (TPSA) is 71.4 Å². The van der Waals surface area contributed by atoms with Crippen LogP contribution in [-0.4, -0.2) is 25.0 Å². The van der Waals surface area contributed by atoms with Gasteiger partial charge >= 0.3 is 0 Å². The van der Waals surface area contributed by atoms with Crippen molar-refractivity contribution >= 4 is 16.4 Å². The number of unbranched alkanes of at least 4 members (excludes halogenated alkanes) is 1. The summed E-state index contributed by atoms with van der Waals surface area (Å²) in [5, 5.41) is 0. The Morgan fingerprint density at radius 3 is 2.57 bits per heavy atom. The fourth-order valence-electron chi connectivity index (χ4n) is 1.10. The summed E-state index contributed by atoms with van der Waals surface area (Å²) in [6.07, 6.45) is 2.29. The molecule has 0 saturated heterocycles. The minimum Gasteiger partial charge on any atom is -0.303 e. The Bertz CT molecular complexity index is 320. The van der Waals surface area contributed by atoms with Crippen LogP contribution in [0.2, 0.25) is 0 Å². The van der Waals surface area contributed by atoms with Crippen molar-refractivity contribution in [3.63, 3.8) is 0 Å². The number of hydrogen-bond acceptors (Lipinski definition) is 3. The second-order valence-corrected chi connectivity index (χ2v) is 4.43. The number of carbonyl (C=O) groups excluding carboxylic acids is 1. The van der Waals surface area contributed by atoms with E-state index in [1.165, 1.54) is 0 Å². The van der Waals surface area contributed by atoms with Crippen LogP contribution in [0.3, 0.4) is 0 Å². The second-order valence-electron chi connectivity index (χ2n) is 2.94. The van der Waals surface area contributed by atoms with Gasteiger partial charge in [0, 0.05) is 12.3 Å². The van der Waals surface area contributed by atoms with Crippen LogP contribution < -0.4 is 0 Å². The van der Waals surface area contributed by atoms with Crippen molar-refractivity contribution in [3.8, 4) is 11.8 Å². The first-order valence-corrected chi connectivity index (χ1v) is 5.91. The summed E-state index contributed by atoms with van der Waals surface area (Å²) < 4.78 is 29.7. The molecule has 0 aromatic carbocycles. The van der Waals surface area contributed by atoms with Crippen molar-refractivity contribution in [1.82, 2.24) is 0 Å². The summed E-state index contributed by atoms with van der Waals surface area (Å²) in [4.78, 5) is 10.0. The van der Waals surface area contributed by atoms with E-state index in [4.69, 9.17) is 4.55 Å². The molecule has 1 atom stereocenters. The highest BCUT2D eigenvalue weighted by molar-refractivity contribution is 7.85. The van der Waals surface area contributed by atoms with E-state index in [2.05, 4.69) is 11.8 Å². The van der Waals surface area contributed by atoms with Gasteiger partial charge in [-0.2, -0.15) is 8.42 Å². The number of hydrogen-bond donors (Lipinski definition) is 1. The van der Waals surface area contributed by atoms with Crippen molar-refractivity contribution in [3.05, 3.63) is 0 Å². The van der Waals surface area contributed by atoms with Crippen LogP contribution >= 0.6 is 0 Å². The van der Waals surface area contributed by atoms with Crippen molar-refractivity contribution in [2.75, 3.05) is 5.75 Å². The monoisotopic (exact) mass is 218 g/mol. The Morgan fingerprint density at radius 1 is 1.50 bits per heavy atom. The van der Waals surface area contributed by atoms with Crippen molar-refractivity contribution in [1.29, 1.82) is 0 Å². The molecule has 0 spiro atoms. The largest absolute Gasteiger partial charge is 0.303 e. The van der Waals surface area contributed by atoms with Gasteiger partial charge in [0.25, 0.3) is 10.1 Å². The first-order valence-electron chi connectivity index (χ1n) is 4.30. The quantitative estimate of drug-likeness (QED) is 0.311. The summed E-state index contributed by atoms with van der Waals surface area (Å²) in [6.45, 7) is 1.61. The summed E-state index contributed by atoms with van der Waals surface area (Å²) in [5.74, 6) is 4.56. The third kappa shape index (κ3) is 7.77. The van der Waals surface area contributed by atoms with Crippen LogP contribution in [-0.2, 0) is 14.9 Å². The molecule has 4 nitrogen and oxygen atoms in total. The van der Waals surface area contributed by atoms with Gasteiger partial charge in [-0.05, 0) is 19.8 Å². The highest BCUT2D eigenvalue weighted by Crippen LogP contribution is 2.09. The highest BCUT2D eigenvalue weighted by Gasteiger charge is 2.14. The van der Waals surface area contributed by atoms with Crippen molar-refractivity contribution < 1.29 is 17.8 Å². The van der Waals surface area contributed by atoms with Gasteiger partial charge in [0.1, 0.15) is 6.29 Å². The lowest BCUT2D eigenvalue weighted by molar-refractivity contribution is -0.107. The predicted octanol–water partition coefficient (Wildman–Crippen LogP) is 0.883. The predicted molar refractivity (Wildman–Crippen MR) is 53.3 cm³/mol. The molecular formula is C9H14O4S. The minimum atomic E-state index is -3.97. The van der Waals surface area contributed by atoms with Gasteiger partial charge in [0.2, 0.25) is 0 Å². The Morgan fingerprint density at radius 2 is 2.14 bits per heavy atom. The average molecular weight is 218 g/mol. The summed E-state index contributed by atoms with van der Waals surface area (Å²) in [5.41, 5.74) is 0. The Labute approximate surface area is 84.4 Å². The molecule has 0 rings (SSSR count). The van der Waals surface area contributed by atoms with Gasteiger partial charge in [0.05, 0.1) is 5.75 Å². The molecule has 0 saturated carbocycles. The third-order valence-corrected chi connectivity index (χ3v) is 2.46. The average Bonchev–Trinajstić information content (AvgIpc) is 2.02. The molecule has 0 amide bonds. The molecule has 1 N–H and O–H groups in total.